The first-order chi connectivity index (χ1) is 8.74. The summed E-state index contributed by atoms with van der Waals surface area (Å²) in [4.78, 5) is 8.58. The summed E-state index contributed by atoms with van der Waals surface area (Å²) in [6.07, 6.45) is 5.27. The van der Waals surface area contributed by atoms with E-state index in [2.05, 4.69) is 54.3 Å². The van der Waals surface area contributed by atoms with Crippen LogP contribution >= 0.6 is 0 Å². The van der Waals surface area contributed by atoms with Gasteiger partial charge in [0.25, 0.3) is 0 Å². The van der Waals surface area contributed by atoms with E-state index in [1.807, 2.05) is 6.20 Å². The van der Waals surface area contributed by atoms with Crippen LogP contribution in [0.25, 0.3) is 0 Å². The second kappa shape index (κ2) is 5.74. The van der Waals surface area contributed by atoms with Crippen LogP contribution in [-0.4, -0.2) is 16.5 Å². The van der Waals surface area contributed by atoms with Crippen molar-refractivity contribution in [2.45, 2.75) is 26.8 Å². The van der Waals surface area contributed by atoms with Gasteiger partial charge in [0.1, 0.15) is 0 Å². The lowest BCUT2D eigenvalue weighted by Crippen LogP contribution is -2.24. The third kappa shape index (κ3) is 2.57. The second-order valence-electron chi connectivity index (χ2n) is 4.41. The fourth-order valence-electron chi connectivity index (χ4n) is 2.12. The number of hydrogen-bond donors (Lipinski definition) is 1. The van der Waals surface area contributed by atoms with Gasteiger partial charge in [0, 0.05) is 12.4 Å². The Bertz CT molecular complexity index is 508. The van der Waals surface area contributed by atoms with Gasteiger partial charge in [-0.3, -0.25) is 9.97 Å². The highest BCUT2D eigenvalue weighted by Crippen LogP contribution is 2.24. The Kier molecular flexibility index (Phi) is 4.05. The second-order valence-corrected chi connectivity index (χ2v) is 4.41. The highest BCUT2D eigenvalue weighted by Gasteiger charge is 2.16. The van der Waals surface area contributed by atoms with Crippen LogP contribution in [0.15, 0.2) is 36.8 Å². The molecule has 3 nitrogen and oxygen atoms in total. The van der Waals surface area contributed by atoms with Crippen molar-refractivity contribution in [2.24, 2.45) is 0 Å². The minimum absolute atomic E-state index is 0.114. The topological polar surface area (TPSA) is 37.8 Å². The molecule has 1 atom stereocenters. The molecule has 0 saturated heterocycles. The molecule has 94 valence electrons. The van der Waals surface area contributed by atoms with Gasteiger partial charge >= 0.3 is 0 Å². The van der Waals surface area contributed by atoms with Crippen LogP contribution in [0.2, 0.25) is 0 Å². The molecule has 0 spiro atoms. The molecule has 0 aliphatic rings. The maximum absolute atomic E-state index is 4.42. The normalized spacial score (nSPS) is 12.4. The maximum Gasteiger partial charge on any atom is 0.0801 e. The molecule has 2 rings (SSSR count). The van der Waals surface area contributed by atoms with E-state index in [0.717, 1.165) is 12.2 Å². The first-order valence-electron chi connectivity index (χ1n) is 6.29. The molecule has 1 aromatic heterocycles. The molecule has 0 fully saturated rings. The van der Waals surface area contributed by atoms with Crippen LogP contribution in [0.4, 0.5) is 0 Å². The van der Waals surface area contributed by atoms with Gasteiger partial charge in [-0.15, -0.1) is 0 Å². The molecule has 3 heteroatoms. The Hall–Kier alpha value is -1.74. The SMILES string of the molecule is CCNC(c1cnccn1)c1cccc(C)c1C. The summed E-state index contributed by atoms with van der Waals surface area (Å²) in [5.41, 5.74) is 4.86. The number of nitrogens with one attached hydrogen (secondary N) is 1. The molecule has 1 aromatic carbocycles. The summed E-state index contributed by atoms with van der Waals surface area (Å²) in [7, 11) is 0. The third-order valence-corrected chi connectivity index (χ3v) is 3.24. The molecule has 0 aliphatic carbocycles. The Morgan fingerprint density at radius 2 is 2.06 bits per heavy atom. The molecule has 18 heavy (non-hydrogen) atoms. The molecule has 2 aromatic rings. The predicted octanol–water partition coefficient (Wildman–Crippen LogP) is 2.79. The molecule has 1 unspecified atom stereocenters. The minimum atomic E-state index is 0.114. The van der Waals surface area contributed by atoms with E-state index in [4.69, 9.17) is 0 Å². The van der Waals surface area contributed by atoms with Crippen molar-refractivity contribution in [3.8, 4) is 0 Å². The van der Waals surface area contributed by atoms with Crippen molar-refractivity contribution in [3.63, 3.8) is 0 Å². The third-order valence-electron chi connectivity index (χ3n) is 3.24. The summed E-state index contributed by atoms with van der Waals surface area (Å²) in [5.74, 6) is 0. The van der Waals surface area contributed by atoms with Gasteiger partial charge in [-0.1, -0.05) is 25.1 Å². The summed E-state index contributed by atoms with van der Waals surface area (Å²) in [6.45, 7) is 7.30. The van der Waals surface area contributed by atoms with Crippen LogP contribution in [0.3, 0.4) is 0 Å². The van der Waals surface area contributed by atoms with Crippen LogP contribution in [0, 0.1) is 13.8 Å². The smallest absolute Gasteiger partial charge is 0.0801 e. The van der Waals surface area contributed by atoms with E-state index in [9.17, 15) is 0 Å². The lowest BCUT2D eigenvalue weighted by Gasteiger charge is -2.20. The molecule has 0 saturated carbocycles. The van der Waals surface area contributed by atoms with Gasteiger partial charge in [0.15, 0.2) is 0 Å². The van der Waals surface area contributed by atoms with Crippen LogP contribution in [-0.2, 0) is 0 Å². The first kappa shape index (κ1) is 12.7. The van der Waals surface area contributed by atoms with E-state index in [1.54, 1.807) is 12.4 Å². The fraction of sp³-hybridized carbons (Fsp3) is 0.333. The number of aromatic nitrogens is 2. The van der Waals surface area contributed by atoms with Gasteiger partial charge < -0.3 is 5.32 Å². The highest BCUT2D eigenvalue weighted by molar-refractivity contribution is 5.38. The summed E-state index contributed by atoms with van der Waals surface area (Å²) >= 11 is 0. The average molecular weight is 241 g/mol. The van der Waals surface area contributed by atoms with Gasteiger partial charge in [-0.05, 0) is 37.1 Å². The Morgan fingerprint density at radius 3 is 2.72 bits per heavy atom. The van der Waals surface area contributed by atoms with Crippen molar-refractivity contribution >= 4 is 0 Å². The Balaban J connectivity index is 2.45. The minimum Gasteiger partial charge on any atom is -0.305 e. The Morgan fingerprint density at radius 1 is 1.22 bits per heavy atom. The van der Waals surface area contributed by atoms with Gasteiger partial charge in [-0.25, -0.2) is 0 Å². The van der Waals surface area contributed by atoms with Crippen molar-refractivity contribution in [3.05, 3.63) is 59.2 Å². The molecular weight excluding hydrogens is 222 g/mol. The summed E-state index contributed by atoms with van der Waals surface area (Å²) < 4.78 is 0. The zero-order chi connectivity index (χ0) is 13.0. The largest absolute Gasteiger partial charge is 0.305 e. The van der Waals surface area contributed by atoms with E-state index in [1.165, 1.54) is 16.7 Å². The number of aryl methyl sites for hydroxylation is 1. The molecular formula is C15H19N3. The zero-order valence-electron chi connectivity index (χ0n) is 11.1. The van der Waals surface area contributed by atoms with Crippen molar-refractivity contribution in [2.75, 3.05) is 6.54 Å². The molecule has 1 heterocycles. The van der Waals surface area contributed by atoms with E-state index < -0.39 is 0 Å². The molecule has 0 bridgehead atoms. The number of nitrogens with zero attached hydrogens (tertiary/aromatic N) is 2. The molecule has 0 amide bonds. The van der Waals surface area contributed by atoms with Gasteiger partial charge in [0.05, 0.1) is 17.9 Å². The van der Waals surface area contributed by atoms with Crippen LogP contribution in [0.5, 0.6) is 0 Å². The molecule has 0 aliphatic heterocycles. The lowest BCUT2D eigenvalue weighted by molar-refractivity contribution is 0.609. The van der Waals surface area contributed by atoms with Crippen LogP contribution in [0.1, 0.15) is 35.3 Å². The molecule has 0 radical (unpaired) electrons. The van der Waals surface area contributed by atoms with Gasteiger partial charge in [-0.2, -0.15) is 0 Å². The quantitative estimate of drug-likeness (QED) is 0.894. The summed E-state index contributed by atoms with van der Waals surface area (Å²) in [6, 6.07) is 6.50. The van der Waals surface area contributed by atoms with Crippen molar-refractivity contribution in [1.82, 2.24) is 15.3 Å². The zero-order valence-corrected chi connectivity index (χ0v) is 11.1. The van der Waals surface area contributed by atoms with Crippen molar-refractivity contribution < 1.29 is 0 Å². The first-order valence-corrected chi connectivity index (χ1v) is 6.29. The van der Waals surface area contributed by atoms with E-state index in [0.29, 0.717) is 0 Å². The maximum atomic E-state index is 4.42. The van der Waals surface area contributed by atoms with E-state index >= 15 is 0 Å². The Labute approximate surface area is 108 Å². The molecule has 1 N–H and O–H groups in total. The van der Waals surface area contributed by atoms with E-state index in [-0.39, 0.29) is 6.04 Å². The fourth-order valence-corrected chi connectivity index (χ4v) is 2.12. The average Bonchev–Trinajstić information content (AvgIpc) is 2.41. The predicted molar refractivity (Wildman–Crippen MR) is 73.5 cm³/mol. The highest BCUT2D eigenvalue weighted by atomic mass is 14.9. The number of hydrogen-bond acceptors (Lipinski definition) is 3. The summed E-state index contributed by atoms with van der Waals surface area (Å²) in [5, 5.41) is 3.48. The monoisotopic (exact) mass is 241 g/mol. The van der Waals surface area contributed by atoms with Gasteiger partial charge in [0.2, 0.25) is 0 Å². The number of rotatable bonds is 4. The number of benzene rings is 1. The standard InChI is InChI=1S/C15H19N3/c1-4-17-15(14-10-16-8-9-18-14)13-7-5-6-11(2)12(13)3/h5-10,15,17H,4H2,1-3H3. The lowest BCUT2D eigenvalue weighted by atomic mass is 9.95. The van der Waals surface area contributed by atoms with Crippen molar-refractivity contribution in [1.29, 1.82) is 0 Å². The van der Waals surface area contributed by atoms with Crippen LogP contribution < -0.4 is 5.32 Å².